The number of hydrogen-bond donors (Lipinski definition) is 2. The Hall–Kier alpha value is -3.33. The molecule has 1 unspecified atom stereocenters. The standard InChI is InChI=1S/C24H29N5O3S/c1-5-17-7-11-19(12-8-17)26-21(30)15-33-24-28-27-22(29(24)6-2)16(3)25-23(31)18-9-13-20(32-4)14-10-18/h7-14,16H,5-6,15H2,1-4H3,(H,25,31)(H,26,30). The molecule has 0 aliphatic rings. The van der Waals surface area contributed by atoms with Crippen LogP contribution in [0.25, 0.3) is 0 Å². The van der Waals surface area contributed by atoms with Crippen LogP contribution in [-0.4, -0.2) is 39.4 Å². The number of rotatable bonds is 10. The number of hydrogen-bond acceptors (Lipinski definition) is 6. The molecule has 1 atom stereocenters. The highest BCUT2D eigenvalue weighted by atomic mass is 32.2. The number of aryl methyl sites for hydroxylation is 1. The fourth-order valence-electron chi connectivity index (χ4n) is 3.26. The summed E-state index contributed by atoms with van der Waals surface area (Å²) < 4.78 is 7.04. The zero-order valence-electron chi connectivity index (χ0n) is 19.3. The molecule has 3 aromatic rings. The van der Waals surface area contributed by atoms with E-state index in [2.05, 4.69) is 27.8 Å². The lowest BCUT2D eigenvalue weighted by atomic mass is 10.1. The maximum absolute atomic E-state index is 12.6. The third-order valence-electron chi connectivity index (χ3n) is 5.13. The van der Waals surface area contributed by atoms with E-state index in [0.29, 0.717) is 28.8 Å². The predicted octanol–water partition coefficient (Wildman–Crippen LogP) is 4.09. The molecule has 3 rings (SSSR count). The molecule has 0 aliphatic carbocycles. The summed E-state index contributed by atoms with van der Waals surface area (Å²) in [7, 11) is 1.58. The Labute approximate surface area is 198 Å². The van der Waals surface area contributed by atoms with E-state index in [1.807, 2.05) is 42.7 Å². The lowest BCUT2D eigenvalue weighted by molar-refractivity contribution is -0.113. The van der Waals surface area contributed by atoms with E-state index in [-0.39, 0.29) is 23.6 Å². The molecule has 0 saturated heterocycles. The number of ether oxygens (including phenoxy) is 1. The van der Waals surface area contributed by atoms with Crippen molar-refractivity contribution in [3.05, 3.63) is 65.5 Å². The second-order valence-electron chi connectivity index (χ2n) is 7.40. The van der Waals surface area contributed by atoms with Crippen LogP contribution in [0.2, 0.25) is 0 Å². The van der Waals surface area contributed by atoms with Gasteiger partial charge in [0.2, 0.25) is 5.91 Å². The minimum absolute atomic E-state index is 0.114. The summed E-state index contributed by atoms with van der Waals surface area (Å²) in [6, 6.07) is 14.4. The highest BCUT2D eigenvalue weighted by Crippen LogP contribution is 2.21. The van der Waals surface area contributed by atoms with Gasteiger partial charge in [0, 0.05) is 17.8 Å². The van der Waals surface area contributed by atoms with Crippen molar-refractivity contribution < 1.29 is 14.3 Å². The molecule has 1 heterocycles. The molecule has 2 amide bonds. The number of nitrogens with zero attached hydrogens (tertiary/aromatic N) is 3. The fourth-order valence-corrected chi connectivity index (χ4v) is 4.07. The molecule has 2 aromatic carbocycles. The van der Waals surface area contributed by atoms with E-state index in [1.54, 1.807) is 31.4 Å². The average Bonchev–Trinajstić information content (AvgIpc) is 3.26. The van der Waals surface area contributed by atoms with Crippen molar-refractivity contribution in [1.82, 2.24) is 20.1 Å². The minimum atomic E-state index is -0.354. The van der Waals surface area contributed by atoms with Crippen molar-refractivity contribution in [2.45, 2.75) is 44.9 Å². The number of amides is 2. The van der Waals surface area contributed by atoms with Gasteiger partial charge in [0.05, 0.1) is 18.9 Å². The largest absolute Gasteiger partial charge is 0.497 e. The van der Waals surface area contributed by atoms with Gasteiger partial charge in [-0.3, -0.25) is 9.59 Å². The Bertz CT molecular complexity index is 1080. The maximum atomic E-state index is 12.6. The van der Waals surface area contributed by atoms with Gasteiger partial charge < -0.3 is 19.9 Å². The van der Waals surface area contributed by atoms with Crippen LogP contribution < -0.4 is 15.4 Å². The Morgan fingerprint density at radius 1 is 1.06 bits per heavy atom. The Morgan fingerprint density at radius 2 is 1.76 bits per heavy atom. The highest BCUT2D eigenvalue weighted by molar-refractivity contribution is 7.99. The quantitative estimate of drug-likeness (QED) is 0.436. The molecule has 2 N–H and O–H groups in total. The van der Waals surface area contributed by atoms with Crippen LogP contribution >= 0.6 is 11.8 Å². The molecule has 0 saturated carbocycles. The van der Waals surface area contributed by atoms with Gasteiger partial charge in [0.1, 0.15) is 5.75 Å². The molecule has 0 radical (unpaired) electrons. The maximum Gasteiger partial charge on any atom is 0.251 e. The lowest BCUT2D eigenvalue weighted by Crippen LogP contribution is -2.28. The zero-order chi connectivity index (χ0) is 23.8. The molecule has 0 bridgehead atoms. The number of methoxy groups -OCH3 is 1. The summed E-state index contributed by atoms with van der Waals surface area (Å²) in [5.74, 6) is 1.21. The number of carbonyl (C=O) groups is 2. The first-order valence-electron chi connectivity index (χ1n) is 10.8. The third kappa shape index (κ3) is 6.35. The van der Waals surface area contributed by atoms with Gasteiger partial charge in [-0.2, -0.15) is 0 Å². The normalized spacial score (nSPS) is 11.6. The second-order valence-corrected chi connectivity index (χ2v) is 8.34. The number of anilines is 1. The highest BCUT2D eigenvalue weighted by Gasteiger charge is 2.20. The smallest absolute Gasteiger partial charge is 0.251 e. The molecule has 1 aromatic heterocycles. The molecule has 174 valence electrons. The summed E-state index contributed by atoms with van der Waals surface area (Å²) in [4.78, 5) is 25.0. The van der Waals surface area contributed by atoms with Crippen LogP contribution in [0.5, 0.6) is 5.75 Å². The number of benzene rings is 2. The van der Waals surface area contributed by atoms with Crippen molar-refractivity contribution in [1.29, 1.82) is 0 Å². The zero-order valence-corrected chi connectivity index (χ0v) is 20.1. The summed E-state index contributed by atoms with van der Waals surface area (Å²) in [5.41, 5.74) is 2.52. The van der Waals surface area contributed by atoms with Crippen molar-refractivity contribution in [2.24, 2.45) is 0 Å². The summed E-state index contributed by atoms with van der Waals surface area (Å²) >= 11 is 1.31. The van der Waals surface area contributed by atoms with Crippen molar-refractivity contribution in [2.75, 3.05) is 18.2 Å². The molecule has 33 heavy (non-hydrogen) atoms. The van der Waals surface area contributed by atoms with E-state index in [4.69, 9.17) is 4.74 Å². The number of nitrogens with one attached hydrogen (secondary N) is 2. The summed E-state index contributed by atoms with van der Waals surface area (Å²) in [5, 5.41) is 15.0. The first-order valence-corrected chi connectivity index (χ1v) is 11.8. The summed E-state index contributed by atoms with van der Waals surface area (Å²) in [6.45, 7) is 6.55. The van der Waals surface area contributed by atoms with Gasteiger partial charge in [0.25, 0.3) is 5.91 Å². The van der Waals surface area contributed by atoms with Crippen molar-refractivity contribution in [3.63, 3.8) is 0 Å². The van der Waals surface area contributed by atoms with Crippen LogP contribution in [0.3, 0.4) is 0 Å². The molecule has 0 spiro atoms. The number of carbonyl (C=O) groups excluding carboxylic acids is 2. The fraction of sp³-hybridized carbons (Fsp3) is 0.333. The number of aromatic nitrogens is 3. The monoisotopic (exact) mass is 467 g/mol. The third-order valence-corrected chi connectivity index (χ3v) is 6.09. The molecular formula is C24H29N5O3S. The van der Waals surface area contributed by atoms with Gasteiger partial charge in [-0.25, -0.2) is 0 Å². The van der Waals surface area contributed by atoms with Gasteiger partial charge in [-0.05, 0) is 62.2 Å². The van der Waals surface area contributed by atoms with Crippen LogP contribution in [0.1, 0.15) is 48.6 Å². The van der Waals surface area contributed by atoms with Crippen molar-refractivity contribution in [3.8, 4) is 5.75 Å². The predicted molar refractivity (Wildman–Crippen MR) is 130 cm³/mol. The van der Waals surface area contributed by atoms with E-state index >= 15 is 0 Å². The topological polar surface area (TPSA) is 98.1 Å². The van der Waals surface area contributed by atoms with E-state index < -0.39 is 0 Å². The Morgan fingerprint density at radius 3 is 2.36 bits per heavy atom. The SMILES string of the molecule is CCc1ccc(NC(=O)CSc2nnc(C(C)NC(=O)c3ccc(OC)cc3)n2CC)cc1. The van der Waals surface area contributed by atoms with E-state index in [1.165, 1.54) is 17.3 Å². The van der Waals surface area contributed by atoms with Crippen LogP contribution in [-0.2, 0) is 17.8 Å². The second kappa shape index (κ2) is 11.5. The van der Waals surface area contributed by atoms with Crippen LogP contribution in [0.15, 0.2) is 53.7 Å². The minimum Gasteiger partial charge on any atom is -0.497 e. The van der Waals surface area contributed by atoms with Crippen molar-refractivity contribution >= 4 is 29.3 Å². The first-order chi connectivity index (χ1) is 15.9. The molecule has 0 aliphatic heterocycles. The van der Waals surface area contributed by atoms with Crippen LogP contribution in [0.4, 0.5) is 5.69 Å². The van der Waals surface area contributed by atoms with Gasteiger partial charge in [0.15, 0.2) is 11.0 Å². The molecule has 0 fully saturated rings. The average molecular weight is 468 g/mol. The van der Waals surface area contributed by atoms with Gasteiger partial charge in [-0.15, -0.1) is 10.2 Å². The Balaban J connectivity index is 1.59. The van der Waals surface area contributed by atoms with Gasteiger partial charge >= 0.3 is 0 Å². The first kappa shape index (κ1) is 24.3. The van der Waals surface area contributed by atoms with E-state index in [0.717, 1.165) is 12.1 Å². The molecular weight excluding hydrogens is 438 g/mol. The molecule has 8 nitrogen and oxygen atoms in total. The Kier molecular flexibility index (Phi) is 8.48. The van der Waals surface area contributed by atoms with Gasteiger partial charge in [-0.1, -0.05) is 30.8 Å². The van der Waals surface area contributed by atoms with Crippen LogP contribution in [0, 0.1) is 0 Å². The lowest BCUT2D eigenvalue weighted by Gasteiger charge is -2.15. The number of thioether (sulfide) groups is 1. The molecule has 9 heteroatoms. The van der Waals surface area contributed by atoms with E-state index in [9.17, 15) is 9.59 Å². The summed E-state index contributed by atoms with van der Waals surface area (Å²) in [6.07, 6.45) is 0.956.